The fraction of sp³-hybridized carbons (Fsp3) is 0.455. The Kier molecular flexibility index (Phi) is 6.36. The van der Waals surface area contributed by atoms with Gasteiger partial charge in [0, 0.05) is 48.4 Å². The van der Waals surface area contributed by atoms with Crippen LogP contribution in [0.4, 0.5) is 5.69 Å². The molecule has 32 heavy (non-hydrogen) atoms. The monoisotopic (exact) mass is 461 g/mol. The van der Waals surface area contributed by atoms with Crippen LogP contribution in [0.5, 0.6) is 11.5 Å². The maximum Gasteiger partial charge on any atom is 0.269 e. The van der Waals surface area contributed by atoms with Crippen molar-refractivity contribution in [2.24, 2.45) is 0 Å². The SMILES string of the molecule is COc1ccc(CN2C3CCC2CC(NS(=O)(=O)c2ccc([N+](=O)[O-])cc2)C3)c(OC)c1. The van der Waals surface area contributed by atoms with Crippen LogP contribution in [0, 0.1) is 10.1 Å². The smallest absolute Gasteiger partial charge is 0.269 e. The number of non-ortho nitro benzene ring substituents is 1. The predicted molar refractivity (Wildman–Crippen MR) is 118 cm³/mol. The van der Waals surface area contributed by atoms with Crippen molar-refractivity contribution in [3.63, 3.8) is 0 Å². The van der Waals surface area contributed by atoms with Crippen molar-refractivity contribution in [3.05, 3.63) is 58.1 Å². The Morgan fingerprint density at radius 1 is 1.06 bits per heavy atom. The molecule has 2 bridgehead atoms. The zero-order valence-electron chi connectivity index (χ0n) is 18.1. The molecule has 2 aliphatic heterocycles. The molecule has 0 saturated carbocycles. The van der Waals surface area contributed by atoms with E-state index in [4.69, 9.17) is 9.47 Å². The van der Waals surface area contributed by atoms with Gasteiger partial charge in [-0.1, -0.05) is 6.07 Å². The van der Waals surface area contributed by atoms with E-state index in [1.54, 1.807) is 14.2 Å². The molecule has 0 radical (unpaired) electrons. The fourth-order valence-electron chi connectivity index (χ4n) is 4.84. The summed E-state index contributed by atoms with van der Waals surface area (Å²) in [5.41, 5.74) is 0.944. The first-order valence-corrected chi connectivity index (χ1v) is 12.0. The third kappa shape index (κ3) is 4.57. The normalized spacial score (nSPS) is 23.1. The third-order valence-electron chi connectivity index (χ3n) is 6.41. The van der Waals surface area contributed by atoms with Crippen molar-refractivity contribution >= 4 is 15.7 Å². The average molecular weight is 462 g/mol. The summed E-state index contributed by atoms with van der Waals surface area (Å²) in [5.74, 6) is 1.53. The summed E-state index contributed by atoms with van der Waals surface area (Å²) in [4.78, 5) is 12.8. The molecule has 2 heterocycles. The van der Waals surface area contributed by atoms with Gasteiger partial charge in [-0.2, -0.15) is 0 Å². The van der Waals surface area contributed by atoms with Crippen molar-refractivity contribution < 1.29 is 22.8 Å². The minimum Gasteiger partial charge on any atom is -0.497 e. The van der Waals surface area contributed by atoms with Gasteiger partial charge >= 0.3 is 0 Å². The Labute approximate surface area is 187 Å². The van der Waals surface area contributed by atoms with E-state index in [0.717, 1.165) is 49.3 Å². The lowest BCUT2D eigenvalue weighted by molar-refractivity contribution is -0.384. The topological polar surface area (TPSA) is 111 Å². The number of fused-ring (bicyclic) bond motifs is 2. The zero-order chi connectivity index (χ0) is 22.9. The van der Waals surface area contributed by atoms with Crippen LogP contribution in [0.25, 0.3) is 0 Å². The number of nitrogens with zero attached hydrogens (tertiary/aromatic N) is 2. The number of rotatable bonds is 8. The number of ether oxygens (including phenoxy) is 2. The summed E-state index contributed by atoms with van der Waals surface area (Å²) in [6.45, 7) is 0.740. The average Bonchev–Trinajstić information content (AvgIpc) is 3.01. The van der Waals surface area contributed by atoms with E-state index >= 15 is 0 Å². The number of methoxy groups -OCH3 is 2. The molecule has 2 aromatic carbocycles. The van der Waals surface area contributed by atoms with Gasteiger partial charge in [0.15, 0.2) is 0 Å². The van der Waals surface area contributed by atoms with E-state index in [0.29, 0.717) is 0 Å². The molecule has 2 atom stereocenters. The second kappa shape index (κ2) is 9.05. The number of nitro groups is 1. The van der Waals surface area contributed by atoms with Crippen LogP contribution in [0.3, 0.4) is 0 Å². The Bertz CT molecular complexity index is 1080. The molecule has 0 spiro atoms. The highest BCUT2D eigenvalue weighted by molar-refractivity contribution is 7.89. The first kappa shape index (κ1) is 22.5. The molecule has 0 aromatic heterocycles. The lowest BCUT2D eigenvalue weighted by Gasteiger charge is -2.39. The maximum atomic E-state index is 12.8. The standard InChI is InChI=1S/C22H27N3O6S/c1-30-20-8-3-15(22(13-20)31-2)14-24-18-4-5-19(24)12-16(11-18)23-32(28,29)21-9-6-17(7-10-21)25(26)27/h3,6-10,13,16,18-19,23H,4-5,11-12,14H2,1-2H3. The highest BCUT2D eigenvalue weighted by Crippen LogP contribution is 2.38. The van der Waals surface area contributed by atoms with Gasteiger partial charge in [0.05, 0.1) is 24.0 Å². The predicted octanol–water partition coefficient (Wildman–Crippen LogP) is 3.09. The molecule has 4 rings (SSSR count). The Balaban J connectivity index is 1.43. The van der Waals surface area contributed by atoms with Crippen molar-refractivity contribution in [1.29, 1.82) is 0 Å². The van der Waals surface area contributed by atoms with E-state index in [1.165, 1.54) is 24.3 Å². The summed E-state index contributed by atoms with van der Waals surface area (Å²) in [6, 6.07) is 11.2. The number of piperidine rings is 1. The van der Waals surface area contributed by atoms with Crippen LogP contribution >= 0.6 is 0 Å². The van der Waals surface area contributed by atoms with Gasteiger partial charge in [0.2, 0.25) is 10.0 Å². The van der Waals surface area contributed by atoms with E-state index in [9.17, 15) is 18.5 Å². The number of hydrogen-bond acceptors (Lipinski definition) is 7. The molecule has 2 aliphatic rings. The van der Waals surface area contributed by atoms with Gasteiger partial charge in [-0.25, -0.2) is 13.1 Å². The summed E-state index contributed by atoms with van der Waals surface area (Å²) >= 11 is 0. The summed E-state index contributed by atoms with van der Waals surface area (Å²) in [7, 11) is -0.474. The van der Waals surface area contributed by atoms with Gasteiger partial charge in [0.1, 0.15) is 11.5 Å². The first-order valence-electron chi connectivity index (χ1n) is 10.5. The Hall–Kier alpha value is -2.69. The quantitative estimate of drug-likeness (QED) is 0.475. The number of nitro benzene ring substituents is 1. The molecule has 2 aromatic rings. The first-order chi connectivity index (χ1) is 15.3. The summed E-state index contributed by atoms with van der Waals surface area (Å²) < 4.78 is 39.3. The van der Waals surface area contributed by atoms with Crippen LogP contribution in [-0.2, 0) is 16.6 Å². The van der Waals surface area contributed by atoms with Gasteiger partial charge in [-0.05, 0) is 43.9 Å². The van der Waals surface area contributed by atoms with Crippen molar-refractivity contribution in [2.75, 3.05) is 14.2 Å². The second-order valence-corrected chi connectivity index (χ2v) is 9.99. The molecule has 10 heteroatoms. The second-order valence-electron chi connectivity index (χ2n) is 8.28. The molecular weight excluding hydrogens is 434 g/mol. The van der Waals surface area contributed by atoms with E-state index < -0.39 is 14.9 Å². The lowest BCUT2D eigenvalue weighted by atomic mass is 9.97. The van der Waals surface area contributed by atoms with E-state index in [-0.39, 0.29) is 28.7 Å². The molecule has 2 fully saturated rings. The highest BCUT2D eigenvalue weighted by Gasteiger charge is 2.42. The van der Waals surface area contributed by atoms with E-state index in [1.807, 2.05) is 18.2 Å². The van der Waals surface area contributed by atoms with E-state index in [2.05, 4.69) is 9.62 Å². The van der Waals surface area contributed by atoms with Crippen LogP contribution in [0.1, 0.15) is 31.2 Å². The molecular formula is C22H27N3O6S. The molecule has 1 N–H and O–H groups in total. The molecule has 172 valence electrons. The van der Waals surface area contributed by atoms with Crippen molar-refractivity contribution in [2.45, 2.75) is 55.2 Å². The molecule has 0 amide bonds. The highest BCUT2D eigenvalue weighted by atomic mass is 32.2. The van der Waals surface area contributed by atoms with Gasteiger partial charge < -0.3 is 9.47 Å². The number of nitrogens with one attached hydrogen (secondary N) is 1. The van der Waals surface area contributed by atoms with Gasteiger partial charge in [0.25, 0.3) is 5.69 Å². The molecule has 0 aliphatic carbocycles. The van der Waals surface area contributed by atoms with Gasteiger partial charge in [-0.15, -0.1) is 0 Å². The van der Waals surface area contributed by atoms with Crippen LogP contribution < -0.4 is 14.2 Å². The Morgan fingerprint density at radius 2 is 1.72 bits per heavy atom. The van der Waals surface area contributed by atoms with Crippen molar-refractivity contribution in [1.82, 2.24) is 9.62 Å². The molecule has 9 nitrogen and oxygen atoms in total. The number of sulfonamides is 1. The van der Waals surface area contributed by atoms with Crippen LogP contribution in [-0.4, -0.2) is 50.6 Å². The maximum absolute atomic E-state index is 12.8. The third-order valence-corrected chi connectivity index (χ3v) is 7.95. The molecule has 2 unspecified atom stereocenters. The van der Waals surface area contributed by atoms with Crippen LogP contribution in [0.15, 0.2) is 47.4 Å². The Morgan fingerprint density at radius 3 is 2.28 bits per heavy atom. The number of hydrogen-bond donors (Lipinski definition) is 1. The van der Waals surface area contributed by atoms with Gasteiger partial charge in [-0.3, -0.25) is 15.0 Å². The number of benzene rings is 2. The van der Waals surface area contributed by atoms with Crippen LogP contribution in [0.2, 0.25) is 0 Å². The summed E-state index contributed by atoms with van der Waals surface area (Å²) in [5, 5.41) is 10.8. The zero-order valence-corrected chi connectivity index (χ0v) is 18.9. The minimum atomic E-state index is -3.74. The van der Waals surface area contributed by atoms with Crippen molar-refractivity contribution in [3.8, 4) is 11.5 Å². The minimum absolute atomic E-state index is 0.0424. The lowest BCUT2D eigenvalue weighted by Crippen LogP contribution is -2.49. The summed E-state index contributed by atoms with van der Waals surface area (Å²) in [6.07, 6.45) is 3.50. The molecule has 2 saturated heterocycles. The fourth-order valence-corrected chi connectivity index (χ4v) is 6.10. The largest absolute Gasteiger partial charge is 0.497 e.